The van der Waals surface area contributed by atoms with Crippen LogP contribution in [0.5, 0.6) is 5.75 Å². The van der Waals surface area contributed by atoms with Crippen molar-refractivity contribution in [2.45, 2.75) is 20.4 Å². The highest BCUT2D eigenvalue weighted by Gasteiger charge is 2.05. The van der Waals surface area contributed by atoms with Gasteiger partial charge in [0.25, 0.3) is 0 Å². The van der Waals surface area contributed by atoms with Crippen LogP contribution in [0.3, 0.4) is 0 Å². The Morgan fingerprint density at radius 3 is 2.67 bits per heavy atom. The number of hydrogen-bond acceptors (Lipinski definition) is 3. The van der Waals surface area contributed by atoms with Gasteiger partial charge in [-0.2, -0.15) is 0 Å². The molecule has 0 radical (unpaired) electrons. The molecule has 0 unspecified atom stereocenters. The van der Waals surface area contributed by atoms with Crippen LogP contribution >= 0.6 is 0 Å². The number of ether oxygens (including phenoxy) is 1. The van der Waals surface area contributed by atoms with Gasteiger partial charge in [-0.05, 0) is 6.07 Å². The van der Waals surface area contributed by atoms with E-state index in [1.54, 1.807) is 7.11 Å². The van der Waals surface area contributed by atoms with Crippen LogP contribution in [0.2, 0.25) is 0 Å². The highest BCUT2D eigenvalue weighted by molar-refractivity contribution is 5.77. The Bertz CT molecular complexity index is 378. The number of amides is 1. The van der Waals surface area contributed by atoms with Gasteiger partial charge in [0, 0.05) is 31.1 Å². The molecule has 0 aromatic heterocycles. The summed E-state index contributed by atoms with van der Waals surface area (Å²) in [6.07, 6.45) is 0. The Hall–Kier alpha value is -1.55. The molecule has 100 valence electrons. The third kappa shape index (κ3) is 4.75. The second-order valence-corrected chi connectivity index (χ2v) is 4.43. The zero-order chi connectivity index (χ0) is 13.4. The number of carbonyl (C=O) groups is 1. The molecule has 0 saturated heterocycles. The lowest BCUT2D eigenvalue weighted by atomic mass is 10.2. The first-order valence-electron chi connectivity index (χ1n) is 6.25. The maximum Gasteiger partial charge on any atom is 0.222 e. The van der Waals surface area contributed by atoms with Gasteiger partial charge in [-0.3, -0.25) is 4.79 Å². The Kier molecular flexibility index (Phi) is 6.22. The fourth-order valence-corrected chi connectivity index (χ4v) is 1.55. The van der Waals surface area contributed by atoms with E-state index in [2.05, 4.69) is 10.6 Å². The summed E-state index contributed by atoms with van der Waals surface area (Å²) in [6.45, 7) is 5.90. The summed E-state index contributed by atoms with van der Waals surface area (Å²) in [4.78, 5) is 11.3. The Morgan fingerprint density at radius 2 is 2.00 bits per heavy atom. The number of carbonyl (C=O) groups excluding carboxylic acids is 1. The molecule has 0 fully saturated rings. The van der Waals surface area contributed by atoms with E-state index in [9.17, 15) is 4.79 Å². The van der Waals surface area contributed by atoms with E-state index in [1.807, 2.05) is 38.1 Å². The Labute approximate surface area is 109 Å². The molecule has 0 saturated carbocycles. The molecular formula is C14H22N2O2. The number of methoxy groups -OCH3 is 1. The van der Waals surface area contributed by atoms with Gasteiger partial charge in [0.15, 0.2) is 0 Å². The minimum Gasteiger partial charge on any atom is -0.496 e. The van der Waals surface area contributed by atoms with Gasteiger partial charge >= 0.3 is 0 Å². The van der Waals surface area contributed by atoms with E-state index >= 15 is 0 Å². The molecule has 0 bridgehead atoms. The van der Waals surface area contributed by atoms with E-state index in [4.69, 9.17) is 4.74 Å². The summed E-state index contributed by atoms with van der Waals surface area (Å²) in [5.74, 6) is 1.02. The zero-order valence-electron chi connectivity index (χ0n) is 11.3. The summed E-state index contributed by atoms with van der Waals surface area (Å²) < 4.78 is 5.26. The van der Waals surface area contributed by atoms with Crippen LogP contribution in [-0.2, 0) is 11.3 Å². The van der Waals surface area contributed by atoms with Crippen molar-refractivity contribution in [2.24, 2.45) is 5.92 Å². The topological polar surface area (TPSA) is 50.4 Å². The molecule has 4 heteroatoms. The summed E-state index contributed by atoms with van der Waals surface area (Å²) in [7, 11) is 1.67. The van der Waals surface area contributed by atoms with Crippen molar-refractivity contribution < 1.29 is 9.53 Å². The first kappa shape index (κ1) is 14.5. The van der Waals surface area contributed by atoms with Gasteiger partial charge in [-0.25, -0.2) is 0 Å². The van der Waals surface area contributed by atoms with E-state index in [1.165, 1.54) is 0 Å². The predicted octanol–water partition coefficient (Wildman–Crippen LogP) is 1.56. The fraction of sp³-hybridized carbons (Fsp3) is 0.500. The average Bonchev–Trinajstić information content (AvgIpc) is 2.38. The van der Waals surface area contributed by atoms with Crippen LogP contribution in [0.15, 0.2) is 24.3 Å². The molecule has 0 aliphatic carbocycles. The third-order valence-electron chi connectivity index (χ3n) is 2.63. The van der Waals surface area contributed by atoms with Crippen LogP contribution in [0.4, 0.5) is 0 Å². The van der Waals surface area contributed by atoms with Gasteiger partial charge < -0.3 is 15.4 Å². The van der Waals surface area contributed by atoms with Gasteiger partial charge in [0.1, 0.15) is 5.75 Å². The summed E-state index contributed by atoms with van der Waals surface area (Å²) >= 11 is 0. The summed E-state index contributed by atoms with van der Waals surface area (Å²) in [6, 6.07) is 7.90. The SMILES string of the molecule is COc1ccccc1CNCCNC(=O)C(C)C. The van der Waals surface area contributed by atoms with Crippen LogP contribution in [-0.4, -0.2) is 26.1 Å². The molecular weight excluding hydrogens is 228 g/mol. The Balaban J connectivity index is 2.24. The molecule has 0 spiro atoms. The van der Waals surface area contributed by atoms with E-state index in [-0.39, 0.29) is 11.8 Å². The molecule has 0 heterocycles. The second kappa shape index (κ2) is 7.71. The van der Waals surface area contributed by atoms with Crippen molar-refractivity contribution in [2.75, 3.05) is 20.2 Å². The first-order valence-corrected chi connectivity index (χ1v) is 6.25. The molecule has 1 rings (SSSR count). The lowest BCUT2D eigenvalue weighted by molar-refractivity contribution is -0.123. The number of nitrogens with one attached hydrogen (secondary N) is 2. The largest absolute Gasteiger partial charge is 0.496 e. The van der Waals surface area contributed by atoms with Crippen LogP contribution in [0.1, 0.15) is 19.4 Å². The highest BCUT2D eigenvalue weighted by atomic mass is 16.5. The fourth-order valence-electron chi connectivity index (χ4n) is 1.55. The van der Waals surface area contributed by atoms with Crippen molar-refractivity contribution in [3.8, 4) is 5.75 Å². The maximum atomic E-state index is 11.3. The van der Waals surface area contributed by atoms with Gasteiger partial charge in [-0.1, -0.05) is 32.0 Å². The van der Waals surface area contributed by atoms with Crippen molar-refractivity contribution in [3.63, 3.8) is 0 Å². The molecule has 18 heavy (non-hydrogen) atoms. The minimum atomic E-state index is 0.0409. The quantitative estimate of drug-likeness (QED) is 0.722. The van der Waals surface area contributed by atoms with Crippen LogP contribution in [0, 0.1) is 5.92 Å². The smallest absolute Gasteiger partial charge is 0.222 e. The van der Waals surface area contributed by atoms with Crippen molar-refractivity contribution in [3.05, 3.63) is 29.8 Å². The molecule has 1 aromatic carbocycles. The highest BCUT2D eigenvalue weighted by Crippen LogP contribution is 2.16. The summed E-state index contributed by atoms with van der Waals surface area (Å²) in [5.41, 5.74) is 1.12. The van der Waals surface area contributed by atoms with E-state index < -0.39 is 0 Å². The number of benzene rings is 1. The predicted molar refractivity (Wildman–Crippen MR) is 72.5 cm³/mol. The first-order chi connectivity index (χ1) is 8.65. The minimum absolute atomic E-state index is 0.0409. The molecule has 1 aromatic rings. The average molecular weight is 250 g/mol. The van der Waals surface area contributed by atoms with E-state index in [0.717, 1.165) is 24.4 Å². The summed E-state index contributed by atoms with van der Waals surface area (Å²) in [5, 5.41) is 6.14. The monoisotopic (exact) mass is 250 g/mol. The van der Waals surface area contributed by atoms with Gasteiger partial charge in [0.05, 0.1) is 7.11 Å². The number of hydrogen-bond donors (Lipinski definition) is 2. The van der Waals surface area contributed by atoms with Gasteiger partial charge in [0.2, 0.25) is 5.91 Å². The molecule has 0 aliphatic heterocycles. The molecule has 0 atom stereocenters. The number of para-hydroxylation sites is 1. The van der Waals surface area contributed by atoms with Crippen LogP contribution < -0.4 is 15.4 Å². The van der Waals surface area contributed by atoms with Crippen molar-refractivity contribution >= 4 is 5.91 Å². The zero-order valence-corrected chi connectivity index (χ0v) is 11.3. The standard InChI is InChI=1S/C14H22N2O2/c1-11(2)14(17)16-9-8-15-10-12-6-4-5-7-13(12)18-3/h4-7,11,15H,8-10H2,1-3H3,(H,16,17). The maximum absolute atomic E-state index is 11.3. The molecule has 0 aliphatic rings. The molecule has 1 amide bonds. The number of rotatable bonds is 7. The second-order valence-electron chi connectivity index (χ2n) is 4.43. The third-order valence-corrected chi connectivity index (χ3v) is 2.63. The van der Waals surface area contributed by atoms with Crippen LogP contribution in [0.25, 0.3) is 0 Å². The normalized spacial score (nSPS) is 10.4. The molecule has 4 nitrogen and oxygen atoms in total. The Morgan fingerprint density at radius 1 is 1.28 bits per heavy atom. The van der Waals surface area contributed by atoms with Crippen molar-refractivity contribution in [1.82, 2.24) is 10.6 Å². The lowest BCUT2D eigenvalue weighted by Crippen LogP contribution is -2.34. The molecule has 2 N–H and O–H groups in total. The lowest BCUT2D eigenvalue weighted by Gasteiger charge is -2.10. The van der Waals surface area contributed by atoms with Crippen molar-refractivity contribution in [1.29, 1.82) is 0 Å². The van der Waals surface area contributed by atoms with E-state index in [0.29, 0.717) is 6.54 Å². The van der Waals surface area contributed by atoms with Gasteiger partial charge in [-0.15, -0.1) is 0 Å².